The first-order valence-corrected chi connectivity index (χ1v) is 7.92. The van der Waals surface area contributed by atoms with Gasteiger partial charge in [0, 0.05) is 6.07 Å². The van der Waals surface area contributed by atoms with Crippen molar-refractivity contribution in [3.05, 3.63) is 65.7 Å². The Morgan fingerprint density at radius 3 is 2.69 bits per heavy atom. The molecule has 0 spiro atoms. The predicted octanol–water partition coefficient (Wildman–Crippen LogP) is 3.05. The van der Waals surface area contributed by atoms with E-state index in [1.54, 1.807) is 12.1 Å². The summed E-state index contributed by atoms with van der Waals surface area (Å²) >= 11 is 0. The quantitative estimate of drug-likeness (QED) is 0.589. The highest BCUT2D eigenvalue weighted by atomic mass is 16.5. The number of rotatable bonds is 4. The number of hydrogen-bond acceptors (Lipinski definition) is 6. The lowest BCUT2D eigenvalue weighted by Gasteiger charge is -2.09. The molecule has 4 rings (SSSR count). The Kier molecular flexibility index (Phi) is 3.92. The smallest absolute Gasteiger partial charge is 0.207 e. The van der Waals surface area contributed by atoms with Crippen molar-refractivity contribution in [2.24, 2.45) is 0 Å². The van der Waals surface area contributed by atoms with Crippen molar-refractivity contribution in [2.45, 2.75) is 6.61 Å². The Morgan fingerprint density at radius 2 is 1.85 bits per heavy atom. The standard InChI is InChI=1S/C19H14N6O/c20-10-12-3-1-5-14(7-12)15-6-2-4-13(8-15)11-26-16-9-17(21)22-19-18(16)23-25-24-19/h1-9H,11H2,(H3,21,22,23,24,25). The average molecular weight is 342 g/mol. The maximum absolute atomic E-state index is 9.07. The third-order valence-corrected chi connectivity index (χ3v) is 3.92. The van der Waals surface area contributed by atoms with Crippen molar-refractivity contribution in [1.82, 2.24) is 20.4 Å². The van der Waals surface area contributed by atoms with Crippen LogP contribution >= 0.6 is 0 Å². The SMILES string of the molecule is N#Cc1cccc(-c2cccc(COc3cc(N)nc4n[nH]nc34)c2)c1. The number of nitrogens with two attached hydrogens (primary N) is 1. The summed E-state index contributed by atoms with van der Waals surface area (Å²) in [7, 11) is 0. The van der Waals surface area contributed by atoms with Gasteiger partial charge < -0.3 is 10.5 Å². The lowest BCUT2D eigenvalue weighted by Crippen LogP contribution is -1.99. The van der Waals surface area contributed by atoms with Crippen LogP contribution in [0.1, 0.15) is 11.1 Å². The molecule has 126 valence electrons. The molecule has 0 saturated heterocycles. The van der Waals surface area contributed by atoms with E-state index >= 15 is 0 Å². The molecule has 0 aliphatic heterocycles. The summed E-state index contributed by atoms with van der Waals surface area (Å²) in [5.74, 6) is 0.849. The number of benzene rings is 2. The Hall–Kier alpha value is -3.92. The topological polar surface area (TPSA) is 113 Å². The molecular weight excluding hydrogens is 328 g/mol. The highest BCUT2D eigenvalue weighted by Gasteiger charge is 2.10. The number of nitrogens with one attached hydrogen (secondary N) is 1. The van der Waals surface area contributed by atoms with Gasteiger partial charge >= 0.3 is 0 Å². The number of aromatic amines is 1. The molecule has 2 heterocycles. The molecule has 0 saturated carbocycles. The molecule has 2 aromatic heterocycles. The zero-order chi connectivity index (χ0) is 17.9. The van der Waals surface area contributed by atoms with E-state index in [9.17, 15) is 0 Å². The van der Waals surface area contributed by atoms with Crippen molar-refractivity contribution in [2.75, 3.05) is 5.73 Å². The number of pyridine rings is 1. The fourth-order valence-electron chi connectivity index (χ4n) is 2.71. The lowest BCUT2D eigenvalue weighted by molar-refractivity contribution is 0.309. The third kappa shape index (κ3) is 3.03. The van der Waals surface area contributed by atoms with E-state index in [0.29, 0.717) is 34.9 Å². The minimum Gasteiger partial charge on any atom is -0.486 e. The minimum atomic E-state index is 0.323. The lowest BCUT2D eigenvalue weighted by atomic mass is 10.0. The van der Waals surface area contributed by atoms with Gasteiger partial charge in [0.25, 0.3) is 0 Å². The molecule has 0 unspecified atom stereocenters. The molecule has 7 nitrogen and oxygen atoms in total. The zero-order valence-corrected chi connectivity index (χ0v) is 13.7. The monoisotopic (exact) mass is 342 g/mol. The molecule has 26 heavy (non-hydrogen) atoms. The van der Waals surface area contributed by atoms with E-state index in [1.807, 2.05) is 42.5 Å². The number of nitrogen functional groups attached to an aromatic ring is 1. The summed E-state index contributed by atoms with van der Waals surface area (Å²) in [4.78, 5) is 4.09. The van der Waals surface area contributed by atoms with E-state index in [0.717, 1.165) is 16.7 Å². The Bertz CT molecular complexity index is 1130. The number of fused-ring (bicyclic) bond motifs is 1. The fraction of sp³-hybridized carbons (Fsp3) is 0.0526. The number of anilines is 1. The first-order valence-electron chi connectivity index (χ1n) is 7.92. The van der Waals surface area contributed by atoms with Crippen LogP contribution in [0.4, 0.5) is 5.82 Å². The fourth-order valence-corrected chi connectivity index (χ4v) is 2.71. The van der Waals surface area contributed by atoms with Crippen LogP contribution < -0.4 is 10.5 Å². The van der Waals surface area contributed by atoms with Gasteiger partial charge in [-0.2, -0.15) is 15.6 Å². The van der Waals surface area contributed by atoms with Crippen LogP contribution in [-0.4, -0.2) is 20.4 Å². The summed E-state index contributed by atoms with van der Waals surface area (Å²) in [5, 5.41) is 19.6. The van der Waals surface area contributed by atoms with Gasteiger partial charge in [-0.05, 0) is 34.9 Å². The summed E-state index contributed by atoms with van der Waals surface area (Å²) < 4.78 is 5.89. The van der Waals surface area contributed by atoms with Crippen LogP contribution in [0.2, 0.25) is 0 Å². The summed E-state index contributed by atoms with van der Waals surface area (Å²) in [6.07, 6.45) is 0. The van der Waals surface area contributed by atoms with Gasteiger partial charge in [-0.3, -0.25) is 0 Å². The molecule has 2 aromatic carbocycles. The van der Waals surface area contributed by atoms with Gasteiger partial charge in [0.05, 0.1) is 11.6 Å². The molecule has 4 aromatic rings. The van der Waals surface area contributed by atoms with Crippen LogP contribution in [-0.2, 0) is 6.61 Å². The average Bonchev–Trinajstić information content (AvgIpc) is 3.15. The molecule has 0 aliphatic carbocycles. The number of nitriles is 1. The molecule has 0 bridgehead atoms. The third-order valence-electron chi connectivity index (χ3n) is 3.92. The minimum absolute atomic E-state index is 0.323. The predicted molar refractivity (Wildman–Crippen MR) is 97.0 cm³/mol. The van der Waals surface area contributed by atoms with Crippen LogP contribution in [0, 0.1) is 11.3 Å². The Morgan fingerprint density at radius 1 is 1.04 bits per heavy atom. The highest BCUT2D eigenvalue weighted by molar-refractivity contribution is 5.78. The van der Waals surface area contributed by atoms with Crippen LogP contribution in [0.15, 0.2) is 54.6 Å². The zero-order valence-electron chi connectivity index (χ0n) is 13.7. The second-order valence-electron chi connectivity index (χ2n) is 5.72. The summed E-state index contributed by atoms with van der Waals surface area (Å²) in [6.45, 7) is 0.344. The van der Waals surface area contributed by atoms with Crippen molar-refractivity contribution in [3.8, 4) is 22.9 Å². The van der Waals surface area contributed by atoms with Gasteiger partial charge in [-0.25, -0.2) is 4.98 Å². The molecular formula is C19H14N6O. The molecule has 0 aliphatic rings. The molecule has 0 fully saturated rings. The maximum atomic E-state index is 9.07. The van der Waals surface area contributed by atoms with E-state index in [-0.39, 0.29) is 0 Å². The number of nitrogens with zero attached hydrogens (tertiary/aromatic N) is 4. The first-order chi connectivity index (χ1) is 12.7. The molecule has 0 amide bonds. The number of H-pyrrole nitrogens is 1. The summed E-state index contributed by atoms with van der Waals surface area (Å²) in [5.41, 5.74) is 10.4. The highest BCUT2D eigenvalue weighted by Crippen LogP contribution is 2.25. The van der Waals surface area contributed by atoms with E-state index in [1.165, 1.54) is 0 Å². The largest absolute Gasteiger partial charge is 0.486 e. The van der Waals surface area contributed by atoms with Gasteiger partial charge in [-0.15, -0.1) is 5.10 Å². The van der Waals surface area contributed by atoms with Crippen LogP contribution in [0.3, 0.4) is 0 Å². The molecule has 7 heteroatoms. The molecule has 0 atom stereocenters. The summed E-state index contributed by atoms with van der Waals surface area (Å²) in [6, 6.07) is 19.2. The number of hydrogen-bond donors (Lipinski definition) is 2. The van der Waals surface area contributed by atoms with Crippen molar-refractivity contribution in [3.63, 3.8) is 0 Å². The van der Waals surface area contributed by atoms with Crippen molar-refractivity contribution in [1.29, 1.82) is 5.26 Å². The molecule has 3 N–H and O–H groups in total. The van der Waals surface area contributed by atoms with E-state index < -0.39 is 0 Å². The maximum Gasteiger partial charge on any atom is 0.207 e. The number of ether oxygens (including phenoxy) is 1. The first kappa shape index (κ1) is 15.6. The normalized spacial score (nSPS) is 10.6. The van der Waals surface area contributed by atoms with Gasteiger partial charge in [0.15, 0.2) is 11.3 Å². The van der Waals surface area contributed by atoms with E-state index in [4.69, 9.17) is 15.7 Å². The second-order valence-corrected chi connectivity index (χ2v) is 5.72. The van der Waals surface area contributed by atoms with Gasteiger partial charge in [-0.1, -0.05) is 30.3 Å². The second kappa shape index (κ2) is 6.53. The Balaban J connectivity index is 1.59. The Labute approximate surface area is 149 Å². The van der Waals surface area contributed by atoms with Crippen molar-refractivity contribution >= 4 is 17.0 Å². The van der Waals surface area contributed by atoms with Gasteiger partial charge in [0.1, 0.15) is 12.4 Å². The number of aromatic nitrogens is 4. The van der Waals surface area contributed by atoms with Crippen molar-refractivity contribution < 1.29 is 4.74 Å². The van der Waals surface area contributed by atoms with Crippen LogP contribution in [0.5, 0.6) is 5.75 Å². The van der Waals surface area contributed by atoms with Crippen LogP contribution in [0.25, 0.3) is 22.3 Å². The molecule has 0 radical (unpaired) electrons. The van der Waals surface area contributed by atoms with E-state index in [2.05, 4.69) is 26.5 Å². The van der Waals surface area contributed by atoms with Gasteiger partial charge in [0.2, 0.25) is 5.65 Å².